The summed E-state index contributed by atoms with van der Waals surface area (Å²) in [4.78, 5) is 41.6. The SMILES string of the molecule is O=C(Nc1nccs1)C(CC1CCCC1)c1ccncc1.O=C(Nc1nccs1)C(CC1CCCC1)c1ccncc1. The minimum atomic E-state index is -0.111. The average Bonchev–Trinajstić information content (AvgIpc) is 3.86. The maximum absolute atomic E-state index is 12.6. The highest BCUT2D eigenvalue weighted by Crippen LogP contribution is 2.36. The van der Waals surface area contributed by atoms with E-state index in [1.807, 2.05) is 35.0 Å². The van der Waals surface area contributed by atoms with Gasteiger partial charge < -0.3 is 10.6 Å². The largest absolute Gasteiger partial charge is 0.301 e. The molecular formula is C32H38N6O2S2. The fourth-order valence-corrected chi connectivity index (χ4v) is 7.16. The summed E-state index contributed by atoms with van der Waals surface area (Å²) in [6.45, 7) is 0. The summed E-state index contributed by atoms with van der Waals surface area (Å²) in [5.41, 5.74) is 2.09. The molecule has 0 aliphatic heterocycles. The molecule has 2 fully saturated rings. The summed E-state index contributed by atoms with van der Waals surface area (Å²) in [6.07, 6.45) is 22.4. The van der Waals surface area contributed by atoms with Crippen molar-refractivity contribution in [2.24, 2.45) is 11.8 Å². The Morgan fingerprint density at radius 1 is 0.643 bits per heavy atom. The molecule has 8 nitrogen and oxygen atoms in total. The van der Waals surface area contributed by atoms with Crippen LogP contribution in [0.1, 0.15) is 87.2 Å². The van der Waals surface area contributed by atoms with Gasteiger partial charge in [-0.2, -0.15) is 0 Å². The molecule has 6 rings (SSSR count). The van der Waals surface area contributed by atoms with Crippen molar-refractivity contribution in [3.05, 3.63) is 83.3 Å². The summed E-state index contributed by atoms with van der Waals surface area (Å²) >= 11 is 2.90. The molecule has 0 saturated heterocycles. The van der Waals surface area contributed by atoms with Gasteiger partial charge in [0, 0.05) is 47.9 Å². The van der Waals surface area contributed by atoms with E-state index >= 15 is 0 Å². The lowest BCUT2D eigenvalue weighted by molar-refractivity contribution is -0.118. The van der Waals surface area contributed by atoms with E-state index in [1.54, 1.807) is 37.2 Å². The van der Waals surface area contributed by atoms with Crippen LogP contribution in [0, 0.1) is 11.8 Å². The third-order valence-corrected chi connectivity index (χ3v) is 9.64. The zero-order valence-corrected chi connectivity index (χ0v) is 25.4. The number of amides is 2. The van der Waals surface area contributed by atoms with Crippen molar-refractivity contribution in [1.82, 2.24) is 19.9 Å². The second-order valence-electron chi connectivity index (χ2n) is 11.1. The van der Waals surface area contributed by atoms with Gasteiger partial charge in [0.05, 0.1) is 11.8 Å². The van der Waals surface area contributed by atoms with Gasteiger partial charge in [0.2, 0.25) is 11.8 Å². The molecule has 4 heterocycles. The molecule has 42 heavy (non-hydrogen) atoms. The highest BCUT2D eigenvalue weighted by atomic mass is 32.1. The molecule has 2 amide bonds. The first kappa shape index (κ1) is 30.0. The monoisotopic (exact) mass is 602 g/mol. The molecule has 220 valence electrons. The summed E-state index contributed by atoms with van der Waals surface area (Å²) < 4.78 is 0. The molecule has 2 saturated carbocycles. The van der Waals surface area contributed by atoms with Gasteiger partial charge in [-0.3, -0.25) is 19.6 Å². The van der Waals surface area contributed by atoms with E-state index < -0.39 is 0 Å². The van der Waals surface area contributed by atoms with Crippen molar-refractivity contribution in [3.8, 4) is 0 Å². The molecule has 2 unspecified atom stereocenters. The van der Waals surface area contributed by atoms with E-state index in [1.165, 1.54) is 74.0 Å². The first-order valence-electron chi connectivity index (χ1n) is 14.9. The Bertz CT molecular complexity index is 1230. The van der Waals surface area contributed by atoms with E-state index in [0.29, 0.717) is 22.1 Å². The topological polar surface area (TPSA) is 110 Å². The smallest absolute Gasteiger partial charge is 0.233 e. The molecule has 4 aromatic heterocycles. The first-order valence-corrected chi connectivity index (χ1v) is 16.6. The van der Waals surface area contributed by atoms with Crippen LogP contribution in [0.15, 0.2) is 72.2 Å². The first-order chi connectivity index (χ1) is 20.7. The van der Waals surface area contributed by atoms with Gasteiger partial charge in [-0.05, 0) is 60.1 Å². The highest BCUT2D eigenvalue weighted by Gasteiger charge is 2.28. The quantitative estimate of drug-likeness (QED) is 0.193. The number of hydrogen-bond acceptors (Lipinski definition) is 8. The maximum atomic E-state index is 12.6. The maximum Gasteiger partial charge on any atom is 0.233 e. The van der Waals surface area contributed by atoms with Crippen LogP contribution in [0.5, 0.6) is 0 Å². The van der Waals surface area contributed by atoms with Crippen LogP contribution in [-0.4, -0.2) is 31.8 Å². The Kier molecular flexibility index (Phi) is 11.2. The number of thiazole rings is 2. The lowest BCUT2D eigenvalue weighted by atomic mass is 9.88. The molecule has 2 aliphatic rings. The van der Waals surface area contributed by atoms with E-state index in [-0.39, 0.29) is 23.7 Å². The third kappa shape index (κ3) is 8.75. The normalized spacial score (nSPS) is 16.8. The third-order valence-electron chi connectivity index (χ3n) is 8.26. The Morgan fingerprint density at radius 3 is 1.36 bits per heavy atom. The molecule has 10 heteroatoms. The number of anilines is 2. The number of rotatable bonds is 10. The Balaban J connectivity index is 0.000000168. The Morgan fingerprint density at radius 2 is 1.02 bits per heavy atom. The van der Waals surface area contributed by atoms with Crippen molar-refractivity contribution >= 4 is 44.8 Å². The second kappa shape index (κ2) is 15.7. The van der Waals surface area contributed by atoms with E-state index in [0.717, 1.165) is 24.0 Å². The van der Waals surface area contributed by atoms with Crippen LogP contribution >= 0.6 is 22.7 Å². The molecule has 0 bridgehead atoms. The summed E-state index contributed by atoms with van der Waals surface area (Å²) in [7, 11) is 0. The van der Waals surface area contributed by atoms with Gasteiger partial charge in [0.15, 0.2) is 10.3 Å². The zero-order chi connectivity index (χ0) is 29.0. The number of hydrogen-bond donors (Lipinski definition) is 2. The summed E-state index contributed by atoms with van der Waals surface area (Å²) in [5, 5.41) is 11.0. The van der Waals surface area contributed by atoms with Gasteiger partial charge in [0.1, 0.15) is 0 Å². The minimum absolute atomic E-state index is 0.0445. The van der Waals surface area contributed by atoms with Gasteiger partial charge >= 0.3 is 0 Å². The number of pyridine rings is 2. The number of carbonyl (C=O) groups is 2. The predicted molar refractivity (Wildman–Crippen MR) is 169 cm³/mol. The Hall–Kier alpha value is -3.50. The van der Waals surface area contributed by atoms with Crippen LogP contribution in [0.2, 0.25) is 0 Å². The minimum Gasteiger partial charge on any atom is -0.301 e. The molecule has 2 aliphatic carbocycles. The van der Waals surface area contributed by atoms with E-state index in [9.17, 15) is 9.59 Å². The molecule has 4 aromatic rings. The van der Waals surface area contributed by atoms with Crippen molar-refractivity contribution in [2.75, 3.05) is 10.6 Å². The lowest BCUT2D eigenvalue weighted by Crippen LogP contribution is -2.23. The number of carbonyl (C=O) groups excluding carboxylic acids is 2. The molecule has 2 N–H and O–H groups in total. The predicted octanol–water partition coefficient (Wildman–Crippen LogP) is 7.68. The summed E-state index contributed by atoms with van der Waals surface area (Å²) in [6, 6.07) is 7.78. The van der Waals surface area contributed by atoms with Crippen LogP contribution in [0.3, 0.4) is 0 Å². The van der Waals surface area contributed by atoms with Crippen LogP contribution < -0.4 is 10.6 Å². The molecule has 0 spiro atoms. The molecule has 0 aromatic carbocycles. The Labute approximate surface area is 255 Å². The summed E-state index contributed by atoms with van der Waals surface area (Å²) in [5.74, 6) is 1.18. The van der Waals surface area contributed by atoms with Crippen molar-refractivity contribution in [1.29, 1.82) is 0 Å². The molecule has 2 atom stereocenters. The van der Waals surface area contributed by atoms with Crippen molar-refractivity contribution in [2.45, 2.75) is 76.0 Å². The average molecular weight is 603 g/mol. The van der Waals surface area contributed by atoms with E-state index in [2.05, 4.69) is 30.6 Å². The van der Waals surface area contributed by atoms with E-state index in [4.69, 9.17) is 0 Å². The van der Waals surface area contributed by atoms with Gasteiger partial charge in [0.25, 0.3) is 0 Å². The van der Waals surface area contributed by atoms with Crippen LogP contribution in [0.4, 0.5) is 10.3 Å². The fraction of sp³-hybridized carbons (Fsp3) is 0.438. The standard InChI is InChI=1S/2C16H19N3OS/c2*20-15(19-16-18-9-10-21-16)14(11-12-3-1-2-4-12)13-5-7-17-8-6-13/h2*5-10,12,14H,1-4,11H2,(H,18,19,20). The molecular weight excluding hydrogens is 565 g/mol. The lowest BCUT2D eigenvalue weighted by Gasteiger charge is -2.19. The fourth-order valence-electron chi connectivity index (χ4n) is 6.09. The van der Waals surface area contributed by atoms with Gasteiger partial charge in [-0.15, -0.1) is 22.7 Å². The number of aromatic nitrogens is 4. The van der Waals surface area contributed by atoms with Gasteiger partial charge in [-0.25, -0.2) is 9.97 Å². The molecule has 0 radical (unpaired) electrons. The number of nitrogens with zero attached hydrogens (tertiary/aromatic N) is 4. The number of nitrogens with one attached hydrogen (secondary N) is 2. The second-order valence-corrected chi connectivity index (χ2v) is 12.9. The van der Waals surface area contributed by atoms with Crippen molar-refractivity contribution < 1.29 is 9.59 Å². The van der Waals surface area contributed by atoms with Crippen molar-refractivity contribution in [3.63, 3.8) is 0 Å². The van der Waals surface area contributed by atoms with Crippen LogP contribution in [-0.2, 0) is 9.59 Å². The van der Waals surface area contributed by atoms with Crippen LogP contribution in [0.25, 0.3) is 0 Å². The zero-order valence-electron chi connectivity index (χ0n) is 23.7. The highest BCUT2D eigenvalue weighted by molar-refractivity contribution is 7.14. The van der Waals surface area contributed by atoms with Gasteiger partial charge in [-0.1, -0.05) is 51.4 Å².